The van der Waals surface area contributed by atoms with Gasteiger partial charge in [-0.2, -0.15) is 0 Å². The van der Waals surface area contributed by atoms with Gasteiger partial charge in [-0.25, -0.2) is 17.5 Å². The van der Waals surface area contributed by atoms with Gasteiger partial charge in [-0.1, -0.05) is 32.4 Å². The first-order chi connectivity index (χ1) is 12.6. The number of Topliss-reactive ketones (excluding diaryl/α,β-unsaturated/α-hetero) is 1. The third-order valence-electron chi connectivity index (χ3n) is 7.97. The number of fused-ring (bicyclic) bond motifs is 2. The fourth-order valence-electron chi connectivity index (χ4n) is 5.71. The predicted octanol–water partition coefficient (Wildman–Crippen LogP) is 3.56. The van der Waals surface area contributed by atoms with E-state index in [1.54, 1.807) is 12.1 Å². The first-order valence-corrected chi connectivity index (χ1v) is 11.5. The van der Waals surface area contributed by atoms with Crippen LogP contribution in [0.2, 0.25) is 0 Å². The van der Waals surface area contributed by atoms with E-state index in [0.717, 1.165) is 31.2 Å². The van der Waals surface area contributed by atoms with Crippen molar-refractivity contribution in [3.63, 3.8) is 0 Å². The van der Waals surface area contributed by atoms with Crippen molar-refractivity contribution in [2.24, 2.45) is 16.7 Å². The summed E-state index contributed by atoms with van der Waals surface area (Å²) >= 11 is 0. The minimum Gasteiger partial charge on any atom is -0.299 e. The first-order valence-electron chi connectivity index (χ1n) is 9.87. The molecule has 148 valence electrons. The van der Waals surface area contributed by atoms with Gasteiger partial charge in [-0.05, 0) is 54.7 Å². The molecule has 0 spiro atoms. The molecule has 1 N–H and O–H groups in total. The molecule has 0 radical (unpaired) electrons. The maximum Gasteiger partial charge on any atom is 0.212 e. The lowest BCUT2D eigenvalue weighted by Crippen LogP contribution is -2.50. The number of carbonyl (C=O) groups is 1. The number of nitrogens with one attached hydrogen (secondary N) is 1. The Hall–Kier alpha value is -1.27. The van der Waals surface area contributed by atoms with Crippen LogP contribution in [0.25, 0.3) is 0 Å². The summed E-state index contributed by atoms with van der Waals surface area (Å²) in [5.41, 5.74) is -0.281. The summed E-state index contributed by atoms with van der Waals surface area (Å²) in [7, 11) is -3.58. The average molecular weight is 394 g/mol. The molecule has 3 aliphatic rings. The lowest BCUT2D eigenvalue weighted by Gasteiger charge is -2.43. The Bertz CT molecular complexity index is 858. The van der Waals surface area contributed by atoms with E-state index in [-0.39, 0.29) is 28.2 Å². The first kappa shape index (κ1) is 19.1. The molecule has 0 heterocycles. The Morgan fingerprint density at radius 3 is 2.30 bits per heavy atom. The zero-order chi connectivity index (χ0) is 19.5. The molecule has 0 aromatic heterocycles. The van der Waals surface area contributed by atoms with Gasteiger partial charge in [-0.3, -0.25) is 4.79 Å². The second-order valence-electron chi connectivity index (χ2n) is 9.39. The molecule has 3 aliphatic carbocycles. The van der Waals surface area contributed by atoms with Gasteiger partial charge < -0.3 is 0 Å². The van der Waals surface area contributed by atoms with Crippen molar-refractivity contribution in [2.45, 2.75) is 57.8 Å². The maximum atomic E-state index is 13.3. The molecule has 0 saturated heterocycles. The van der Waals surface area contributed by atoms with Gasteiger partial charge in [0.05, 0.1) is 5.75 Å². The number of hydrogen-bond donors (Lipinski definition) is 1. The molecule has 6 heteroatoms. The van der Waals surface area contributed by atoms with Crippen molar-refractivity contribution in [3.8, 4) is 0 Å². The summed E-state index contributed by atoms with van der Waals surface area (Å²) in [6, 6.07) is 6.38. The Kier molecular flexibility index (Phi) is 4.32. The highest BCUT2D eigenvalue weighted by molar-refractivity contribution is 7.89. The lowest BCUT2D eigenvalue weighted by atomic mass is 9.64. The molecule has 2 unspecified atom stereocenters. The van der Waals surface area contributed by atoms with Crippen molar-refractivity contribution in [1.82, 2.24) is 4.72 Å². The topological polar surface area (TPSA) is 63.2 Å². The number of halogens is 1. The van der Waals surface area contributed by atoms with Gasteiger partial charge in [0.1, 0.15) is 11.6 Å². The summed E-state index contributed by atoms with van der Waals surface area (Å²) in [6.07, 6.45) is 4.94. The summed E-state index contributed by atoms with van der Waals surface area (Å²) in [5, 5.41) is 0. The second kappa shape index (κ2) is 6.11. The van der Waals surface area contributed by atoms with Gasteiger partial charge in [0, 0.05) is 23.8 Å². The number of benzene rings is 1. The van der Waals surface area contributed by atoms with Crippen molar-refractivity contribution >= 4 is 15.8 Å². The molecule has 1 aromatic carbocycles. The largest absolute Gasteiger partial charge is 0.299 e. The number of ketones is 1. The van der Waals surface area contributed by atoms with E-state index in [4.69, 9.17) is 0 Å². The minimum atomic E-state index is -3.58. The monoisotopic (exact) mass is 393 g/mol. The summed E-state index contributed by atoms with van der Waals surface area (Å²) in [4.78, 5) is 12.6. The third kappa shape index (κ3) is 2.87. The van der Waals surface area contributed by atoms with Crippen LogP contribution in [0.5, 0.6) is 0 Å². The molecule has 2 atom stereocenters. The van der Waals surface area contributed by atoms with Crippen LogP contribution in [0.15, 0.2) is 24.3 Å². The van der Waals surface area contributed by atoms with Crippen LogP contribution in [-0.4, -0.2) is 26.5 Å². The Labute approximate surface area is 161 Å². The van der Waals surface area contributed by atoms with E-state index < -0.39 is 15.4 Å². The predicted molar refractivity (Wildman–Crippen MR) is 102 cm³/mol. The van der Waals surface area contributed by atoms with Crippen LogP contribution in [-0.2, 0) is 20.2 Å². The summed E-state index contributed by atoms with van der Waals surface area (Å²) in [5.74, 6) is 0.0241. The van der Waals surface area contributed by atoms with Gasteiger partial charge >= 0.3 is 0 Å². The van der Waals surface area contributed by atoms with Crippen LogP contribution in [0.1, 0.15) is 57.9 Å². The average Bonchev–Trinajstić information content (AvgIpc) is 2.89. The molecule has 1 aromatic rings. The number of rotatable bonds is 6. The van der Waals surface area contributed by atoms with Crippen LogP contribution < -0.4 is 4.72 Å². The summed E-state index contributed by atoms with van der Waals surface area (Å²) < 4.78 is 42.0. The molecule has 4 nitrogen and oxygen atoms in total. The SMILES string of the molecule is CC1(C)C2CCC1(CS(=O)(=O)NCC1(c3ccc(F)cc3)CCC1)C(=O)C2. The van der Waals surface area contributed by atoms with Gasteiger partial charge in [0.25, 0.3) is 0 Å². The Morgan fingerprint density at radius 2 is 1.81 bits per heavy atom. The van der Waals surface area contributed by atoms with E-state index in [0.29, 0.717) is 25.3 Å². The highest BCUT2D eigenvalue weighted by Crippen LogP contribution is 2.64. The van der Waals surface area contributed by atoms with Gasteiger partial charge in [0.15, 0.2) is 0 Å². The van der Waals surface area contributed by atoms with Crippen LogP contribution in [0.4, 0.5) is 4.39 Å². The molecular formula is C21H28FNO3S. The standard InChI is InChI=1S/C21H28FNO3S/c1-19(2)16-8-11-21(19,18(24)12-16)14-27(25,26)23-13-20(9-3-10-20)15-4-6-17(22)7-5-15/h4-7,16,23H,3,8-14H2,1-2H3. The molecule has 0 amide bonds. The Morgan fingerprint density at radius 1 is 1.15 bits per heavy atom. The molecule has 4 rings (SSSR count). The fourth-order valence-corrected chi connectivity index (χ4v) is 7.63. The molecule has 3 saturated carbocycles. The van der Waals surface area contributed by atoms with Crippen molar-refractivity contribution < 1.29 is 17.6 Å². The quantitative estimate of drug-likeness (QED) is 0.804. The summed E-state index contributed by atoms with van der Waals surface area (Å²) in [6.45, 7) is 4.42. The molecule has 27 heavy (non-hydrogen) atoms. The van der Waals surface area contributed by atoms with Crippen LogP contribution >= 0.6 is 0 Å². The van der Waals surface area contributed by atoms with Crippen molar-refractivity contribution in [3.05, 3.63) is 35.6 Å². The normalized spacial score (nSPS) is 31.1. The maximum absolute atomic E-state index is 13.3. The molecule has 2 bridgehead atoms. The van der Waals surface area contributed by atoms with E-state index >= 15 is 0 Å². The number of carbonyl (C=O) groups excluding carboxylic acids is 1. The highest BCUT2D eigenvalue weighted by Gasteiger charge is 2.65. The van der Waals surface area contributed by atoms with Gasteiger partial charge in [0.2, 0.25) is 10.0 Å². The van der Waals surface area contributed by atoms with E-state index in [1.807, 2.05) is 0 Å². The fraction of sp³-hybridized carbons (Fsp3) is 0.667. The minimum absolute atomic E-state index is 0.109. The second-order valence-corrected chi connectivity index (χ2v) is 11.2. The highest BCUT2D eigenvalue weighted by atomic mass is 32.2. The van der Waals surface area contributed by atoms with E-state index in [1.165, 1.54) is 12.1 Å². The van der Waals surface area contributed by atoms with E-state index in [9.17, 15) is 17.6 Å². The van der Waals surface area contributed by atoms with Crippen molar-refractivity contribution in [2.75, 3.05) is 12.3 Å². The smallest absolute Gasteiger partial charge is 0.212 e. The van der Waals surface area contributed by atoms with Crippen LogP contribution in [0, 0.1) is 22.6 Å². The third-order valence-corrected chi connectivity index (χ3v) is 9.43. The lowest BCUT2D eigenvalue weighted by molar-refractivity contribution is -0.128. The zero-order valence-electron chi connectivity index (χ0n) is 16.1. The van der Waals surface area contributed by atoms with Gasteiger partial charge in [-0.15, -0.1) is 0 Å². The Balaban J connectivity index is 1.51. The van der Waals surface area contributed by atoms with Crippen LogP contribution in [0.3, 0.4) is 0 Å². The zero-order valence-corrected chi connectivity index (χ0v) is 16.9. The van der Waals surface area contributed by atoms with E-state index in [2.05, 4.69) is 18.6 Å². The van der Waals surface area contributed by atoms with Crippen molar-refractivity contribution in [1.29, 1.82) is 0 Å². The number of sulfonamides is 1. The molecular weight excluding hydrogens is 365 g/mol. The molecule has 3 fully saturated rings. The number of hydrogen-bond acceptors (Lipinski definition) is 3. The molecule has 0 aliphatic heterocycles.